The molecule has 0 unspecified atom stereocenters. The Morgan fingerprint density at radius 2 is 1.59 bits per heavy atom. The zero-order valence-electron chi connectivity index (χ0n) is 11.5. The lowest BCUT2D eigenvalue weighted by atomic mass is 10.1. The van der Waals surface area contributed by atoms with E-state index >= 15 is 0 Å². The van der Waals surface area contributed by atoms with E-state index in [2.05, 4.69) is 6.92 Å². The third kappa shape index (κ3) is 6.60. The molecule has 5 heteroatoms. The molecule has 0 heterocycles. The highest BCUT2D eigenvalue weighted by Gasteiger charge is 2.21. The van der Waals surface area contributed by atoms with Crippen LogP contribution in [0, 0.1) is 0 Å². The summed E-state index contributed by atoms with van der Waals surface area (Å²) in [7, 11) is -2.29. The van der Waals surface area contributed by atoms with Crippen molar-refractivity contribution in [2.45, 2.75) is 47.5 Å². The summed E-state index contributed by atoms with van der Waals surface area (Å²) in [5.41, 5.74) is 1.74. The van der Waals surface area contributed by atoms with Gasteiger partial charge in [0, 0.05) is 18.8 Å². The van der Waals surface area contributed by atoms with Gasteiger partial charge in [-0.2, -0.15) is 0 Å². The second kappa shape index (κ2) is 9.38. The molecule has 0 aromatic heterocycles. The van der Waals surface area contributed by atoms with Crippen molar-refractivity contribution < 1.29 is 18.1 Å². The van der Waals surface area contributed by atoms with Crippen molar-refractivity contribution in [3.8, 4) is 0 Å². The second-order valence-corrected chi connectivity index (χ2v) is 5.24. The number of allylic oxidation sites excluding steroid dienone is 1. The van der Waals surface area contributed by atoms with E-state index in [9.17, 15) is 4.79 Å². The van der Waals surface area contributed by atoms with Gasteiger partial charge in [-0.05, 0) is 34.1 Å². The lowest BCUT2D eigenvalue weighted by molar-refractivity contribution is -0.133. The minimum Gasteiger partial charge on any atom is -0.472 e. The van der Waals surface area contributed by atoms with Gasteiger partial charge >= 0.3 is 15.5 Å². The normalized spacial score (nSPS) is 12.6. The topological polar surface area (TPSA) is 44.8 Å². The summed E-state index contributed by atoms with van der Waals surface area (Å²) in [6.45, 7) is 10.5. The largest absolute Gasteiger partial charge is 0.551 e. The molecular weight excluding hydrogens is 236 g/mol. The third-order valence-electron chi connectivity index (χ3n) is 2.38. The molecule has 0 amide bonds. The molecule has 0 aromatic carbocycles. The first-order valence-corrected chi connectivity index (χ1v) is 7.58. The monoisotopic (exact) mass is 260 g/mol. The van der Waals surface area contributed by atoms with Crippen LogP contribution < -0.4 is 0 Å². The Morgan fingerprint density at radius 1 is 1.06 bits per heavy atom. The molecule has 0 N–H and O–H groups in total. The molecule has 0 bridgehead atoms. The van der Waals surface area contributed by atoms with E-state index in [0.29, 0.717) is 18.8 Å². The highest BCUT2D eigenvalue weighted by Crippen LogP contribution is 2.12. The molecule has 0 aliphatic carbocycles. The summed E-state index contributed by atoms with van der Waals surface area (Å²) in [5, 5.41) is 0. The fourth-order valence-electron chi connectivity index (χ4n) is 1.30. The average Bonchev–Trinajstić information content (AvgIpc) is 2.29. The van der Waals surface area contributed by atoms with Gasteiger partial charge in [-0.15, -0.1) is 0 Å². The van der Waals surface area contributed by atoms with E-state index in [-0.39, 0.29) is 5.97 Å². The molecule has 0 fully saturated rings. The highest BCUT2D eigenvalue weighted by atomic mass is 28.3. The van der Waals surface area contributed by atoms with E-state index in [0.717, 1.165) is 18.4 Å². The van der Waals surface area contributed by atoms with Gasteiger partial charge in [0.15, 0.2) is 0 Å². The van der Waals surface area contributed by atoms with Crippen molar-refractivity contribution in [2.24, 2.45) is 0 Å². The highest BCUT2D eigenvalue weighted by molar-refractivity contribution is 6.39. The van der Waals surface area contributed by atoms with Gasteiger partial charge < -0.3 is 13.3 Å². The molecule has 0 spiro atoms. The maximum Gasteiger partial charge on any atom is 0.551 e. The second-order valence-electron chi connectivity index (χ2n) is 3.76. The van der Waals surface area contributed by atoms with Crippen LogP contribution in [0.15, 0.2) is 11.1 Å². The summed E-state index contributed by atoms with van der Waals surface area (Å²) in [6, 6.07) is 0. The van der Waals surface area contributed by atoms with Crippen LogP contribution in [-0.4, -0.2) is 28.7 Å². The van der Waals surface area contributed by atoms with Gasteiger partial charge in [0.25, 0.3) is 0 Å². The van der Waals surface area contributed by atoms with E-state index in [1.54, 1.807) is 6.92 Å². The summed E-state index contributed by atoms with van der Waals surface area (Å²) < 4.78 is 15.8. The van der Waals surface area contributed by atoms with Gasteiger partial charge in [0.1, 0.15) is 0 Å². The zero-order valence-corrected chi connectivity index (χ0v) is 12.7. The summed E-state index contributed by atoms with van der Waals surface area (Å²) in [4.78, 5) is 11.8. The Balaban J connectivity index is 4.43. The first-order chi connectivity index (χ1) is 8.06. The fraction of sp³-hybridized carbons (Fsp3) is 0.750. The van der Waals surface area contributed by atoms with E-state index in [1.165, 1.54) is 0 Å². The number of rotatable bonds is 8. The van der Waals surface area contributed by atoms with Gasteiger partial charge in [-0.1, -0.05) is 18.9 Å². The molecule has 0 atom stereocenters. The SMILES string of the molecule is CCCC(C)=C(C)C(=O)O[SiH](OCC)OCC. The van der Waals surface area contributed by atoms with Crippen molar-refractivity contribution in [2.75, 3.05) is 13.2 Å². The first-order valence-electron chi connectivity index (χ1n) is 6.17. The molecular formula is C12H24O4Si. The summed E-state index contributed by atoms with van der Waals surface area (Å²) in [6.07, 6.45) is 1.94. The van der Waals surface area contributed by atoms with E-state index < -0.39 is 9.53 Å². The van der Waals surface area contributed by atoms with Gasteiger partial charge in [-0.3, -0.25) is 0 Å². The molecule has 100 valence electrons. The summed E-state index contributed by atoms with van der Waals surface area (Å²) in [5.74, 6) is -0.311. The van der Waals surface area contributed by atoms with Crippen LogP contribution in [0.2, 0.25) is 0 Å². The Hall–Kier alpha value is -0.653. The number of hydrogen-bond donors (Lipinski definition) is 0. The van der Waals surface area contributed by atoms with E-state index in [4.69, 9.17) is 13.3 Å². The minimum atomic E-state index is -2.29. The van der Waals surface area contributed by atoms with Crippen LogP contribution in [-0.2, 0) is 18.1 Å². The Morgan fingerprint density at radius 3 is 2.00 bits per heavy atom. The maximum atomic E-state index is 11.8. The molecule has 17 heavy (non-hydrogen) atoms. The molecule has 0 saturated carbocycles. The van der Waals surface area contributed by atoms with Crippen molar-refractivity contribution in [3.63, 3.8) is 0 Å². The van der Waals surface area contributed by atoms with E-state index in [1.807, 2.05) is 20.8 Å². The Bertz CT molecular complexity index is 257. The lowest BCUT2D eigenvalue weighted by Gasteiger charge is -2.15. The Kier molecular flexibility index (Phi) is 9.02. The molecule has 0 saturated heterocycles. The van der Waals surface area contributed by atoms with Crippen LogP contribution in [0.4, 0.5) is 0 Å². The van der Waals surface area contributed by atoms with Gasteiger partial charge in [-0.25, -0.2) is 4.79 Å². The van der Waals surface area contributed by atoms with Gasteiger partial charge in [0.05, 0.1) is 0 Å². The average molecular weight is 260 g/mol. The standard InChI is InChI=1S/C12H24O4Si/c1-6-9-10(4)11(5)12(13)16-17(14-7-2)15-8-3/h17H,6-9H2,1-5H3. The van der Waals surface area contributed by atoms with Crippen LogP contribution in [0.25, 0.3) is 0 Å². The predicted octanol–water partition coefficient (Wildman–Crippen LogP) is 2.46. The quantitative estimate of drug-likeness (QED) is 0.497. The smallest absolute Gasteiger partial charge is 0.472 e. The van der Waals surface area contributed by atoms with Crippen LogP contribution in [0.1, 0.15) is 47.5 Å². The van der Waals surface area contributed by atoms with Gasteiger partial charge in [0.2, 0.25) is 0 Å². The van der Waals surface area contributed by atoms with Crippen molar-refractivity contribution in [1.82, 2.24) is 0 Å². The number of hydrogen-bond acceptors (Lipinski definition) is 4. The molecule has 0 aliphatic rings. The molecule has 0 aromatic rings. The predicted molar refractivity (Wildman–Crippen MR) is 69.8 cm³/mol. The summed E-state index contributed by atoms with van der Waals surface area (Å²) >= 11 is 0. The first kappa shape index (κ1) is 16.3. The van der Waals surface area contributed by atoms with Crippen molar-refractivity contribution in [3.05, 3.63) is 11.1 Å². The molecule has 4 nitrogen and oxygen atoms in total. The fourth-order valence-corrected chi connectivity index (χ4v) is 2.43. The Labute approximate surface area is 106 Å². The van der Waals surface area contributed by atoms with Crippen molar-refractivity contribution in [1.29, 1.82) is 0 Å². The molecule has 0 aliphatic heterocycles. The number of carbonyl (C=O) groups excluding carboxylic acids is 1. The van der Waals surface area contributed by atoms with Crippen LogP contribution in [0.5, 0.6) is 0 Å². The lowest BCUT2D eigenvalue weighted by Crippen LogP contribution is -2.30. The zero-order chi connectivity index (χ0) is 13.3. The van der Waals surface area contributed by atoms with Crippen molar-refractivity contribution >= 4 is 15.5 Å². The third-order valence-corrected chi connectivity index (χ3v) is 4.00. The van der Waals surface area contributed by atoms with Crippen LogP contribution >= 0.6 is 0 Å². The number of carbonyl (C=O) groups is 1. The molecule has 0 radical (unpaired) electrons. The maximum absolute atomic E-state index is 11.8. The molecule has 0 rings (SSSR count). The minimum absolute atomic E-state index is 0.311. The van der Waals surface area contributed by atoms with Crippen LogP contribution in [0.3, 0.4) is 0 Å².